The summed E-state index contributed by atoms with van der Waals surface area (Å²) in [4.78, 5) is 13.4. The highest BCUT2D eigenvalue weighted by Gasteiger charge is 2.37. The van der Waals surface area contributed by atoms with Crippen LogP contribution in [0.4, 0.5) is 0 Å². The van der Waals surface area contributed by atoms with Crippen molar-refractivity contribution in [1.29, 1.82) is 0 Å². The summed E-state index contributed by atoms with van der Waals surface area (Å²) in [6, 6.07) is 0.952. The van der Waals surface area contributed by atoms with E-state index in [4.69, 9.17) is 10.2 Å². The number of hydrogen-bond donors (Lipinski definition) is 3. The maximum absolute atomic E-state index is 10.9. The van der Waals surface area contributed by atoms with Crippen molar-refractivity contribution >= 4 is 5.97 Å². The Kier molecular flexibility index (Phi) is 5.19. The molecule has 0 bridgehead atoms. The van der Waals surface area contributed by atoms with Crippen molar-refractivity contribution in [3.8, 4) is 0 Å². The lowest BCUT2D eigenvalue weighted by Crippen LogP contribution is -2.57. The summed E-state index contributed by atoms with van der Waals surface area (Å²) >= 11 is 0. The van der Waals surface area contributed by atoms with Crippen LogP contribution in [0.2, 0.25) is 0 Å². The summed E-state index contributed by atoms with van der Waals surface area (Å²) in [7, 11) is 0. The van der Waals surface area contributed by atoms with Crippen LogP contribution in [0.15, 0.2) is 0 Å². The van der Waals surface area contributed by atoms with E-state index < -0.39 is 5.97 Å². The minimum atomic E-state index is -0.700. The first-order valence-electron chi connectivity index (χ1n) is 7.40. The van der Waals surface area contributed by atoms with Crippen LogP contribution < -0.4 is 5.32 Å². The van der Waals surface area contributed by atoms with E-state index in [9.17, 15) is 4.79 Å². The van der Waals surface area contributed by atoms with Crippen molar-refractivity contribution in [1.82, 2.24) is 10.2 Å². The molecule has 1 saturated heterocycles. The van der Waals surface area contributed by atoms with Gasteiger partial charge in [0, 0.05) is 38.1 Å². The third-order valence-electron chi connectivity index (χ3n) is 4.62. The SMILES string of the molecule is CC1CCC1N1CC(CC(=O)O)CC(NCCO)C1. The zero-order chi connectivity index (χ0) is 13.8. The first-order valence-corrected chi connectivity index (χ1v) is 7.40. The highest BCUT2D eigenvalue weighted by atomic mass is 16.4. The molecule has 0 spiro atoms. The first-order chi connectivity index (χ1) is 9.10. The molecule has 1 aliphatic heterocycles. The zero-order valence-corrected chi connectivity index (χ0v) is 11.7. The zero-order valence-electron chi connectivity index (χ0n) is 11.7. The number of likely N-dealkylation sites (tertiary alicyclic amines) is 1. The molecule has 1 heterocycles. The maximum Gasteiger partial charge on any atom is 0.303 e. The van der Waals surface area contributed by atoms with Crippen molar-refractivity contribution in [3.05, 3.63) is 0 Å². The second-order valence-corrected chi connectivity index (χ2v) is 6.15. The summed E-state index contributed by atoms with van der Waals surface area (Å²) in [5.41, 5.74) is 0. The fraction of sp³-hybridized carbons (Fsp3) is 0.929. The second-order valence-electron chi connectivity index (χ2n) is 6.15. The van der Waals surface area contributed by atoms with Crippen LogP contribution in [-0.4, -0.2) is 59.4 Å². The Balaban J connectivity index is 1.92. The number of hydrogen-bond acceptors (Lipinski definition) is 4. The molecule has 0 aromatic carbocycles. The fourth-order valence-corrected chi connectivity index (χ4v) is 3.51. The number of aliphatic hydroxyl groups excluding tert-OH is 1. The van der Waals surface area contributed by atoms with Gasteiger partial charge in [0.1, 0.15) is 0 Å². The van der Waals surface area contributed by atoms with Gasteiger partial charge in [-0.2, -0.15) is 0 Å². The lowest BCUT2D eigenvalue weighted by molar-refractivity contribution is -0.138. The van der Waals surface area contributed by atoms with Crippen molar-refractivity contribution in [3.63, 3.8) is 0 Å². The van der Waals surface area contributed by atoms with Crippen molar-refractivity contribution in [2.45, 2.75) is 44.7 Å². The van der Waals surface area contributed by atoms with E-state index in [1.807, 2.05) is 0 Å². The summed E-state index contributed by atoms with van der Waals surface area (Å²) in [6.45, 7) is 4.92. The highest BCUT2D eigenvalue weighted by Crippen LogP contribution is 2.34. The number of aliphatic carboxylic acids is 1. The average Bonchev–Trinajstić information content (AvgIpc) is 2.33. The van der Waals surface area contributed by atoms with Gasteiger partial charge in [-0.05, 0) is 31.1 Å². The molecule has 2 aliphatic rings. The minimum Gasteiger partial charge on any atom is -0.481 e. The summed E-state index contributed by atoms with van der Waals surface area (Å²) in [5.74, 6) is 0.270. The lowest BCUT2D eigenvalue weighted by atomic mass is 9.78. The summed E-state index contributed by atoms with van der Waals surface area (Å²) in [6.07, 6.45) is 3.70. The molecule has 0 radical (unpaired) electrons. The van der Waals surface area contributed by atoms with Gasteiger partial charge in [0.05, 0.1) is 6.61 Å². The molecule has 2 rings (SSSR count). The molecule has 2 fully saturated rings. The van der Waals surface area contributed by atoms with Crippen molar-refractivity contribution in [2.75, 3.05) is 26.2 Å². The summed E-state index contributed by atoms with van der Waals surface area (Å²) < 4.78 is 0. The smallest absolute Gasteiger partial charge is 0.303 e. The van der Waals surface area contributed by atoms with E-state index in [2.05, 4.69) is 17.1 Å². The number of carbonyl (C=O) groups is 1. The monoisotopic (exact) mass is 270 g/mol. The fourth-order valence-electron chi connectivity index (χ4n) is 3.51. The molecular formula is C14H26N2O3. The van der Waals surface area contributed by atoms with E-state index in [1.165, 1.54) is 12.8 Å². The second kappa shape index (κ2) is 6.68. The molecule has 4 atom stereocenters. The lowest BCUT2D eigenvalue weighted by Gasteiger charge is -2.48. The predicted molar refractivity (Wildman–Crippen MR) is 73.0 cm³/mol. The Morgan fingerprint density at radius 3 is 2.68 bits per heavy atom. The van der Waals surface area contributed by atoms with Gasteiger partial charge in [-0.15, -0.1) is 0 Å². The highest BCUT2D eigenvalue weighted by molar-refractivity contribution is 5.67. The molecule has 0 amide bonds. The predicted octanol–water partition coefficient (Wildman–Crippen LogP) is 0.532. The van der Waals surface area contributed by atoms with E-state index >= 15 is 0 Å². The van der Waals surface area contributed by atoms with Crippen molar-refractivity contribution < 1.29 is 15.0 Å². The number of rotatable bonds is 6. The van der Waals surface area contributed by atoms with Gasteiger partial charge in [0.2, 0.25) is 0 Å². The van der Waals surface area contributed by atoms with Gasteiger partial charge in [-0.25, -0.2) is 0 Å². The third kappa shape index (κ3) is 3.91. The Morgan fingerprint density at radius 1 is 1.37 bits per heavy atom. The Labute approximate surface area is 115 Å². The van der Waals surface area contributed by atoms with Gasteiger partial charge in [-0.1, -0.05) is 6.92 Å². The van der Waals surface area contributed by atoms with Crippen LogP contribution in [-0.2, 0) is 4.79 Å². The third-order valence-corrected chi connectivity index (χ3v) is 4.62. The molecule has 3 N–H and O–H groups in total. The Hall–Kier alpha value is -0.650. The molecule has 4 unspecified atom stereocenters. The number of carboxylic acids is 1. The molecule has 19 heavy (non-hydrogen) atoms. The summed E-state index contributed by atoms with van der Waals surface area (Å²) in [5, 5.41) is 21.2. The number of nitrogens with zero attached hydrogens (tertiary/aromatic N) is 1. The largest absolute Gasteiger partial charge is 0.481 e. The van der Waals surface area contributed by atoms with Gasteiger partial charge >= 0.3 is 5.97 Å². The first kappa shape index (κ1) is 14.8. The standard InChI is InChI=1S/C14H26N2O3/c1-10-2-3-13(10)16-8-11(7-14(18)19)6-12(9-16)15-4-5-17/h10-13,15,17H,2-9H2,1H3,(H,18,19). The average molecular weight is 270 g/mol. The Morgan fingerprint density at radius 2 is 2.16 bits per heavy atom. The maximum atomic E-state index is 10.9. The molecular weight excluding hydrogens is 244 g/mol. The number of piperidine rings is 1. The van der Waals surface area contributed by atoms with E-state index in [0.717, 1.165) is 25.4 Å². The van der Waals surface area contributed by atoms with Gasteiger partial charge in [0.15, 0.2) is 0 Å². The van der Waals surface area contributed by atoms with E-state index in [1.54, 1.807) is 0 Å². The van der Waals surface area contributed by atoms with E-state index in [-0.39, 0.29) is 18.9 Å². The van der Waals surface area contributed by atoms with Crippen LogP contribution >= 0.6 is 0 Å². The molecule has 1 saturated carbocycles. The normalized spacial score (nSPS) is 35.9. The topological polar surface area (TPSA) is 72.8 Å². The molecule has 5 heteroatoms. The van der Waals surface area contributed by atoms with E-state index in [0.29, 0.717) is 18.6 Å². The van der Waals surface area contributed by atoms with Crippen molar-refractivity contribution in [2.24, 2.45) is 11.8 Å². The van der Waals surface area contributed by atoms with Crippen LogP contribution in [0.1, 0.15) is 32.6 Å². The van der Waals surface area contributed by atoms with Gasteiger partial charge in [0.25, 0.3) is 0 Å². The van der Waals surface area contributed by atoms with Gasteiger partial charge in [-0.3, -0.25) is 9.69 Å². The molecule has 1 aliphatic carbocycles. The van der Waals surface area contributed by atoms with Crippen LogP contribution in [0.5, 0.6) is 0 Å². The molecule has 0 aromatic heterocycles. The molecule has 110 valence electrons. The van der Waals surface area contributed by atoms with Crippen LogP contribution in [0, 0.1) is 11.8 Å². The van der Waals surface area contributed by atoms with Crippen LogP contribution in [0.3, 0.4) is 0 Å². The minimum absolute atomic E-state index is 0.139. The Bertz CT molecular complexity index is 311. The van der Waals surface area contributed by atoms with Gasteiger partial charge < -0.3 is 15.5 Å². The molecule has 0 aromatic rings. The van der Waals surface area contributed by atoms with Crippen LogP contribution in [0.25, 0.3) is 0 Å². The number of aliphatic hydroxyl groups is 1. The molecule has 5 nitrogen and oxygen atoms in total. The number of nitrogens with one attached hydrogen (secondary N) is 1. The quantitative estimate of drug-likeness (QED) is 0.657. The number of carboxylic acid groups (broad SMARTS) is 1.